The highest BCUT2D eigenvalue weighted by atomic mass is 19.1. The number of benzene rings is 2. The van der Waals surface area contributed by atoms with E-state index >= 15 is 0 Å². The lowest BCUT2D eigenvalue weighted by atomic mass is 10.1. The van der Waals surface area contributed by atoms with Gasteiger partial charge in [0.2, 0.25) is 5.91 Å². The minimum Gasteiger partial charge on any atom is -0.324 e. The molecule has 0 saturated heterocycles. The van der Waals surface area contributed by atoms with Gasteiger partial charge in [0.1, 0.15) is 18.2 Å². The van der Waals surface area contributed by atoms with E-state index in [4.69, 9.17) is 0 Å². The second-order valence-corrected chi connectivity index (χ2v) is 4.95. The van der Waals surface area contributed by atoms with E-state index in [1.807, 2.05) is 0 Å². The summed E-state index contributed by atoms with van der Waals surface area (Å²) in [4.78, 5) is 36.9. The van der Waals surface area contributed by atoms with Crippen molar-refractivity contribution in [2.75, 3.05) is 11.9 Å². The van der Waals surface area contributed by atoms with Gasteiger partial charge in [-0.15, -0.1) is 0 Å². The van der Waals surface area contributed by atoms with Crippen molar-refractivity contribution in [3.05, 3.63) is 65.2 Å². The second kappa shape index (κ2) is 5.60. The number of anilines is 1. The number of hydrogen-bond donors (Lipinski definition) is 1. The van der Waals surface area contributed by atoms with E-state index in [9.17, 15) is 23.2 Å². The lowest BCUT2D eigenvalue weighted by Gasteiger charge is -2.13. The molecular weight excluding hydrogens is 306 g/mol. The van der Waals surface area contributed by atoms with Gasteiger partial charge in [-0.1, -0.05) is 12.1 Å². The molecule has 1 N–H and O–H groups in total. The minimum absolute atomic E-state index is 0.0934. The van der Waals surface area contributed by atoms with Crippen molar-refractivity contribution in [1.82, 2.24) is 4.90 Å². The van der Waals surface area contributed by atoms with Gasteiger partial charge in [0, 0.05) is 11.8 Å². The number of carbonyl (C=O) groups excluding carboxylic acids is 3. The Hall–Kier alpha value is -3.09. The number of carbonyl (C=O) groups is 3. The number of nitrogens with one attached hydrogen (secondary N) is 1. The zero-order chi connectivity index (χ0) is 16.6. The quantitative estimate of drug-likeness (QED) is 0.883. The third-order valence-electron chi connectivity index (χ3n) is 3.33. The summed E-state index contributed by atoms with van der Waals surface area (Å²) >= 11 is 0. The first-order valence-electron chi connectivity index (χ1n) is 6.67. The molecule has 0 aliphatic carbocycles. The normalized spacial score (nSPS) is 13.2. The van der Waals surface area contributed by atoms with Crippen molar-refractivity contribution < 1.29 is 23.2 Å². The molecule has 3 rings (SSSR count). The zero-order valence-electron chi connectivity index (χ0n) is 11.7. The number of imide groups is 1. The second-order valence-electron chi connectivity index (χ2n) is 4.95. The van der Waals surface area contributed by atoms with Crippen molar-refractivity contribution >= 4 is 23.4 Å². The summed E-state index contributed by atoms with van der Waals surface area (Å²) < 4.78 is 26.2. The first-order chi connectivity index (χ1) is 11.0. The zero-order valence-corrected chi connectivity index (χ0v) is 11.7. The van der Waals surface area contributed by atoms with Crippen molar-refractivity contribution in [2.24, 2.45) is 0 Å². The van der Waals surface area contributed by atoms with Gasteiger partial charge in [0.05, 0.1) is 11.1 Å². The van der Waals surface area contributed by atoms with Crippen LogP contribution in [0.15, 0.2) is 42.5 Å². The van der Waals surface area contributed by atoms with Crippen LogP contribution in [0.1, 0.15) is 20.7 Å². The molecule has 116 valence electrons. The lowest BCUT2D eigenvalue weighted by molar-refractivity contribution is -0.116. The average Bonchev–Trinajstić information content (AvgIpc) is 2.72. The highest BCUT2D eigenvalue weighted by molar-refractivity contribution is 6.22. The smallest absolute Gasteiger partial charge is 0.262 e. The molecule has 0 radical (unpaired) electrons. The fourth-order valence-corrected chi connectivity index (χ4v) is 2.35. The molecule has 0 aromatic heterocycles. The van der Waals surface area contributed by atoms with E-state index in [-0.39, 0.29) is 16.8 Å². The molecule has 0 fully saturated rings. The predicted molar refractivity (Wildman–Crippen MR) is 76.8 cm³/mol. The summed E-state index contributed by atoms with van der Waals surface area (Å²) in [6.45, 7) is -0.537. The summed E-state index contributed by atoms with van der Waals surface area (Å²) in [5.41, 5.74) is 0.355. The fourth-order valence-electron chi connectivity index (χ4n) is 2.35. The molecule has 0 bridgehead atoms. The number of amides is 3. The first-order valence-corrected chi connectivity index (χ1v) is 6.67. The van der Waals surface area contributed by atoms with Crippen LogP contribution >= 0.6 is 0 Å². The van der Waals surface area contributed by atoms with Gasteiger partial charge >= 0.3 is 0 Å². The van der Waals surface area contributed by atoms with Gasteiger partial charge in [0.15, 0.2) is 0 Å². The number of fused-ring (bicyclic) bond motifs is 1. The van der Waals surface area contributed by atoms with Crippen molar-refractivity contribution in [1.29, 1.82) is 0 Å². The van der Waals surface area contributed by atoms with Crippen LogP contribution in [-0.4, -0.2) is 29.2 Å². The molecule has 7 heteroatoms. The maximum Gasteiger partial charge on any atom is 0.262 e. The fraction of sp³-hybridized carbons (Fsp3) is 0.0625. The topological polar surface area (TPSA) is 66.5 Å². The van der Waals surface area contributed by atoms with Crippen molar-refractivity contribution in [3.63, 3.8) is 0 Å². The Labute approximate surface area is 129 Å². The van der Waals surface area contributed by atoms with Crippen molar-refractivity contribution in [2.45, 2.75) is 0 Å². The highest BCUT2D eigenvalue weighted by Crippen LogP contribution is 2.22. The number of halogens is 2. The molecule has 5 nitrogen and oxygen atoms in total. The van der Waals surface area contributed by atoms with Gasteiger partial charge < -0.3 is 5.32 Å². The molecule has 0 saturated carbocycles. The number of hydrogen-bond acceptors (Lipinski definition) is 3. The Morgan fingerprint density at radius 3 is 2.00 bits per heavy atom. The summed E-state index contributed by atoms with van der Waals surface area (Å²) in [7, 11) is 0. The molecule has 0 atom stereocenters. The molecule has 0 unspecified atom stereocenters. The van der Waals surface area contributed by atoms with Crippen LogP contribution in [0.5, 0.6) is 0 Å². The molecule has 2 aromatic carbocycles. The van der Waals surface area contributed by atoms with Gasteiger partial charge in [-0.3, -0.25) is 19.3 Å². The van der Waals surface area contributed by atoms with E-state index in [0.29, 0.717) is 6.07 Å². The van der Waals surface area contributed by atoms with E-state index in [1.165, 1.54) is 12.1 Å². The Kier molecular flexibility index (Phi) is 3.61. The maximum atomic E-state index is 13.1. The van der Waals surface area contributed by atoms with E-state index in [0.717, 1.165) is 17.0 Å². The molecule has 3 amide bonds. The third kappa shape index (κ3) is 2.80. The van der Waals surface area contributed by atoms with Crippen LogP contribution in [0.4, 0.5) is 14.5 Å². The molecule has 1 aliphatic heterocycles. The molecule has 1 aliphatic rings. The minimum atomic E-state index is -0.846. The summed E-state index contributed by atoms with van der Waals surface area (Å²) in [5.74, 6) is -3.58. The maximum absolute atomic E-state index is 13.1. The molecule has 2 aromatic rings. The Bertz CT molecular complexity index is 781. The van der Waals surface area contributed by atoms with Crippen LogP contribution in [0.3, 0.4) is 0 Å². The number of rotatable bonds is 3. The van der Waals surface area contributed by atoms with Crippen LogP contribution in [0, 0.1) is 11.6 Å². The standard InChI is InChI=1S/C16H10F2N2O3/c17-9-5-10(18)7-11(6-9)19-14(21)8-20-15(22)12-3-1-2-4-13(12)16(20)23/h1-7H,8H2,(H,19,21). The highest BCUT2D eigenvalue weighted by Gasteiger charge is 2.36. The Morgan fingerprint density at radius 1 is 0.957 bits per heavy atom. The van der Waals surface area contributed by atoms with Crippen LogP contribution in [0.2, 0.25) is 0 Å². The van der Waals surface area contributed by atoms with E-state index in [2.05, 4.69) is 5.32 Å². The molecule has 1 heterocycles. The van der Waals surface area contributed by atoms with Crippen LogP contribution < -0.4 is 5.32 Å². The lowest BCUT2D eigenvalue weighted by Crippen LogP contribution is -2.37. The largest absolute Gasteiger partial charge is 0.324 e. The SMILES string of the molecule is O=C(CN1C(=O)c2ccccc2C1=O)Nc1cc(F)cc(F)c1. The van der Waals surface area contributed by atoms with E-state index < -0.39 is 35.9 Å². The van der Waals surface area contributed by atoms with E-state index in [1.54, 1.807) is 12.1 Å². The Balaban J connectivity index is 1.74. The van der Waals surface area contributed by atoms with Gasteiger partial charge in [-0.05, 0) is 24.3 Å². The first kappa shape index (κ1) is 14.8. The third-order valence-corrected chi connectivity index (χ3v) is 3.33. The molecule has 23 heavy (non-hydrogen) atoms. The Morgan fingerprint density at radius 2 is 1.48 bits per heavy atom. The van der Waals surface area contributed by atoms with Gasteiger partial charge in [-0.2, -0.15) is 0 Å². The number of nitrogens with zero attached hydrogens (tertiary/aromatic N) is 1. The predicted octanol–water partition coefficient (Wildman–Crippen LogP) is 2.20. The molecular formula is C16H10F2N2O3. The summed E-state index contributed by atoms with van der Waals surface area (Å²) in [6.07, 6.45) is 0. The van der Waals surface area contributed by atoms with Gasteiger partial charge in [0.25, 0.3) is 11.8 Å². The summed E-state index contributed by atoms with van der Waals surface area (Å²) in [6, 6.07) is 8.75. The van der Waals surface area contributed by atoms with Gasteiger partial charge in [-0.25, -0.2) is 8.78 Å². The molecule has 0 spiro atoms. The monoisotopic (exact) mass is 316 g/mol. The van der Waals surface area contributed by atoms with Crippen molar-refractivity contribution in [3.8, 4) is 0 Å². The summed E-state index contributed by atoms with van der Waals surface area (Å²) in [5, 5.41) is 2.25. The average molecular weight is 316 g/mol. The van der Waals surface area contributed by atoms with Crippen LogP contribution in [-0.2, 0) is 4.79 Å². The van der Waals surface area contributed by atoms with Crippen LogP contribution in [0.25, 0.3) is 0 Å².